The summed E-state index contributed by atoms with van der Waals surface area (Å²) >= 11 is 0. The Kier molecular flexibility index (Phi) is 1.98. The highest BCUT2D eigenvalue weighted by Gasteiger charge is 2.67. The molecule has 0 unspecified atom stereocenters. The second-order valence-electron chi connectivity index (χ2n) is 7.18. The Balaban J connectivity index is 2.02. The molecule has 0 saturated heterocycles. The van der Waals surface area contributed by atoms with Crippen LogP contribution in [0.2, 0.25) is 0 Å². The third-order valence-electron chi connectivity index (χ3n) is 6.12. The van der Waals surface area contributed by atoms with E-state index < -0.39 is 0 Å². The smallest absolute Gasteiger partial charge is 0.0634 e. The van der Waals surface area contributed by atoms with Gasteiger partial charge < -0.3 is 5.11 Å². The molecule has 16 heavy (non-hydrogen) atoms. The molecule has 0 aromatic carbocycles. The van der Waals surface area contributed by atoms with E-state index in [-0.39, 0.29) is 11.5 Å². The molecule has 1 N–H and O–H groups in total. The van der Waals surface area contributed by atoms with Crippen molar-refractivity contribution in [3.05, 3.63) is 11.6 Å². The topological polar surface area (TPSA) is 20.2 Å². The number of allylic oxidation sites excluding steroid dienone is 1. The van der Waals surface area contributed by atoms with Gasteiger partial charge in [-0.2, -0.15) is 0 Å². The zero-order chi connectivity index (χ0) is 11.7. The Hall–Kier alpha value is -0.300. The molecule has 3 aliphatic carbocycles. The lowest BCUT2D eigenvalue weighted by Crippen LogP contribution is -2.45. The van der Waals surface area contributed by atoms with Gasteiger partial charge in [-0.15, -0.1) is 0 Å². The van der Waals surface area contributed by atoms with Crippen LogP contribution >= 0.6 is 0 Å². The van der Waals surface area contributed by atoms with Crippen LogP contribution in [0.1, 0.15) is 47.0 Å². The number of fused-ring (bicyclic) bond motifs is 3. The van der Waals surface area contributed by atoms with E-state index in [1.54, 1.807) is 5.57 Å². The summed E-state index contributed by atoms with van der Waals surface area (Å²) in [5, 5.41) is 10.3. The largest absolute Gasteiger partial charge is 0.392 e. The molecule has 0 amide bonds. The molecule has 0 heterocycles. The van der Waals surface area contributed by atoms with Gasteiger partial charge in [-0.3, -0.25) is 0 Å². The predicted octanol–water partition coefficient (Wildman–Crippen LogP) is 3.39. The van der Waals surface area contributed by atoms with Crippen molar-refractivity contribution in [2.24, 2.45) is 28.6 Å². The van der Waals surface area contributed by atoms with Crippen LogP contribution in [0.25, 0.3) is 0 Å². The minimum absolute atomic E-state index is 0.112. The van der Waals surface area contributed by atoms with Gasteiger partial charge in [-0.1, -0.05) is 32.4 Å². The molecule has 3 rings (SSSR count). The Morgan fingerprint density at radius 3 is 2.69 bits per heavy atom. The van der Waals surface area contributed by atoms with Crippen molar-refractivity contribution in [1.82, 2.24) is 0 Å². The molecule has 1 heteroatoms. The van der Waals surface area contributed by atoms with Crippen LogP contribution in [0.5, 0.6) is 0 Å². The van der Waals surface area contributed by atoms with E-state index in [2.05, 4.69) is 33.8 Å². The van der Waals surface area contributed by atoms with Gasteiger partial charge in [0.1, 0.15) is 0 Å². The van der Waals surface area contributed by atoms with Crippen molar-refractivity contribution in [3.63, 3.8) is 0 Å². The highest BCUT2D eigenvalue weighted by Crippen LogP contribution is 2.73. The van der Waals surface area contributed by atoms with Gasteiger partial charge in [0.25, 0.3) is 0 Å². The van der Waals surface area contributed by atoms with Crippen molar-refractivity contribution in [1.29, 1.82) is 0 Å². The first-order chi connectivity index (χ1) is 7.39. The maximum atomic E-state index is 10.3. The molecule has 0 radical (unpaired) electrons. The monoisotopic (exact) mass is 220 g/mol. The molecule has 0 bridgehead atoms. The lowest BCUT2D eigenvalue weighted by Gasteiger charge is -2.48. The fourth-order valence-electron chi connectivity index (χ4n) is 4.90. The number of rotatable bonds is 0. The van der Waals surface area contributed by atoms with E-state index in [1.807, 2.05) is 0 Å². The van der Waals surface area contributed by atoms with Crippen molar-refractivity contribution < 1.29 is 5.11 Å². The van der Waals surface area contributed by atoms with E-state index in [9.17, 15) is 5.11 Å². The number of aliphatic hydroxyl groups excluding tert-OH is 1. The first-order valence-electron chi connectivity index (χ1n) is 6.74. The van der Waals surface area contributed by atoms with Gasteiger partial charge in [-0.25, -0.2) is 0 Å². The van der Waals surface area contributed by atoms with Crippen molar-refractivity contribution in [2.45, 2.75) is 53.1 Å². The van der Waals surface area contributed by atoms with E-state index in [4.69, 9.17) is 0 Å². The standard InChI is InChI=1S/C15H24O/c1-9-5-6-11(16)15(4)8-7-10-13(12(9)15)14(10,2)3/h5,10-13,16H,6-8H2,1-4H3/t10-,11+,12+,13-,15-/m0/s1. The van der Waals surface area contributed by atoms with Gasteiger partial charge >= 0.3 is 0 Å². The van der Waals surface area contributed by atoms with Crippen LogP contribution in [0.3, 0.4) is 0 Å². The molecule has 0 aliphatic heterocycles. The molecule has 0 spiro atoms. The Morgan fingerprint density at radius 1 is 1.31 bits per heavy atom. The summed E-state index contributed by atoms with van der Waals surface area (Å²) in [6.07, 6.45) is 5.59. The van der Waals surface area contributed by atoms with E-state index in [0.29, 0.717) is 11.3 Å². The zero-order valence-corrected chi connectivity index (χ0v) is 11.0. The Labute approximate surface area is 98.9 Å². The SMILES string of the molecule is CC1=CC[C@@H](O)[C@]2(C)CC[C@H]3[C@@H]([C@@H]12)C3(C)C. The molecular weight excluding hydrogens is 196 g/mol. The molecule has 0 aromatic rings. The molecule has 1 nitrogen and oxygen atoms in total. The maximum absolute atomic E-state index is 10.3. The second kappa shape index (κ2) is 2.93. The van der Waals surface area contributed by atoms with Crippen molar-refractivity contribution >= 4 is 0 Å². The summed E-state index contributed by atoms with van der Waals surface area (Å²) < 4.78 is 0. The Morgan fingerprint density at radius 2 is 2.00 bits per heavy atom. The summed E-state index contributed by atoms with van der Waals surface area (Å²) in [5.74, 6) is 2.39. The first kappa shape index (κ1) is 10.8. The maximum Gasteiger partial charge on any atom is 0.0634 e. The summed E-state index contributed by atoms with van der Waals surface area (Å²) in [6, 6.07) is 0. The fraction of sp³-hybridized carbons (Fsp3) is 0.867. The number of hydrogen-bond donors (Lipinski definition) is 1. The molecule has 90 valence electrons. The summed E-state index contributed by atoms with van der Waals surface area (Å²) in [7, 11) is 0. The Bertz CT molecular complexity index is 354. The van der Waals surface area contributed by atoms with E-state index in [0.717, 1.165) is 18.3 Å². The van der Waals surface area contributed by atoms with Gasteiger partial charge in [0.2, 0.25) is 0 Å². The number of hydrogen-bond acceptors (Lipinski definition) is 1. The summed E-state index contributed by atoms with van der Waals surface area (Å²) in [5.41, 5.74) is 2.23. The summed E-state index contributed by atoms with van der Waals surface area (Å²) in [6.45, 7) is 9.44. The van der Waals surface area contributed by atoms with E-state index in [1.165, 1.54) is 12.8 Å². The zero-order valence-electron chi connectivity index (χ0n) is 11.0. The average molecular weight is 220 g/mol. The van der Waals surface area contributed by atoms with Gasteiger partial charge in [0, 0.05) is 5.41 Å². The molecule has 5 atom stereocenters. The van der Waals surface area contributed by atoms with Gasteiger partial charge in [0.15, 0.2) is 0 Å². The van der Waals surface area contributed by atoms with Crippen molar-refractivity contribution in [3.8, 4) is 0 Å². The molecule has 2 saturated carbocycles. The fourth-order valence-corrected chi connectivity index (χ4v) is 4.90. The lowest BCUT2D eigenvalue weighted by atomic mass is 9.58. The van der Waals surface area contributed by atoms with Gasteiger partial charge in [0.05, 0.1) is 6.10 Å². The van der Waals surface area contributed by atoms with Gasteiger partial charge in [-0.05, 0) is 49.4 Å². The minimum Gasteiger partial charge on any atom is -0.392 e. The normalized spacial score (nSPS) is 53.7. The third kappa shape index (κ3) is 1.11. The van der Waals surface area contributed by atoms with Crippen LogP contribution in [0.15, 0.2) is 11.6 Å². The third-order valence-corrected chi connectivity index (χ3v) is 6.12. The quantitative estimate of drug-likeness (QED) is 0.620. The first-order valence-corrected chi connectivity index (χ1v) is 6.74. The second-order valence-corrected chi connectivity index (χ2v) is 7.18. The summed E-state index contributed by atoms with van der Waals surface area (Å²) in [4.78, 5) is 0. The minimum atomic E-state index is -0.112. The van der Waals surface area contributed by atoms with Crippen LogP contribution in [0.4, 0.5) is 0 Å². The van der Waals surface area contributed by atoms with Crippen LogP contribution in [-0.4, -0.2) is 11.2 Å². The van der Waals surface area contributed by atoms with Crippen molar-refractivity contribution in [2.75, 3.05) is 0 Å². The predicted molar refractivity (Wildman–Crippen MR) is 66.0 cm³/mol. The highest BCUT2D eigenvalue weighted by atomic mass is 16.3. The molecule has 3 aliphatic rings. The molecule has 2 fully saturated rings. The lowest BCUT2D eigenvalue weighted by molar-refractivity contribution is -0.0328. The molecule has 0 aromatic heterocycles. The molecular formula is C15H24O. The van der Waals surface area contributed by atoms with Crippen LogP contribution in [0, 0.1) is 28.6 Å². The number of aliphatic hydroxyl groups is 1. The van der Waals surface area contributed by atoms with Crippen LogP contribution in [-0.2, 0) is 0 Å². The highest BCUT2D eigenvalue weighted by molar-refractivity contribution is 5.26. The van der Waals surface area contributed by atoms with Crippen LogP contribution < -0.4 is 0 Å². The average Bonchev–Trinajstić information content (AvgIpc) is 2.76. The van der Waals surface area contributed by atoms with E-state index >= 15 is 0 Å².